The Morgan fingerprint density at radius 1 is 1.12 bits per heavy atom. The van der Waals surface area contributed by atoms with E-state index in [2.05, 4.69) is 27.1 Å². The van der Waals surface area contributed by atoms with Crippen molar-refractivity contribution in [3.63, 3.8) is 0 Å². The second-order valence-corrected chi connectivity index (χ2v) is 6.91. The van der Waals surface area contributed by atoms with Crippen molar-refractivity contribution >= 4 is 17.2 Å². The fourth-order valence-corrected chi connectivity index (χ4v) is 3.69. The van der Waals surface area contributed by atoms with Gasteiger partial charge in [0.15, 0.2) is 11.5 Å². The number of nitrogens with two attached hydrogens (primary N) is 1. The zero-order chi connectivity index (χ0) is 17.4. The Hall–Kier alpha value is -2.47. The molecule has 1 saturated carbocycles. The number of anilines is 1. The molecule has 1 aliphatic heterocycles. The third-order valence-electron chi connectivity index (χ3n) is 5.04. The summed E-state index contributed by atoms with van der Waals surface area (Å²) in [6, 6.07) is 8.24. The Kier molecular flexibility index (Phi) is 3.92. The zero-order valence-electron chi connectivity index (χ0n) is 14.3. The second-order valence-electron chi connectivity index (χ2n) is 6.91. The highest BCUT2D eigenvalue weighted by atomic mass is 16.6. The van der Waals surface area contributed by atoms with E-state index in [1.165, 1.54) is 44.0 Å². The Morgan fingerprint density at radius 2 is 1.84 bits per heavy atom. The van der Waals surface area contributed by atoms with Crippen LogP contribution in [-0.2, 0) is 0 Å². The first-order valence-electron chi connectivity index (χ1n) is 8.76. The van der Waals surface area contributed by atoms with Crippen LogP contribution in [0.3, 0.4) is 0 Å². The van der Waals surface area contributed by atoms with E-state index >= 15 is 0 Å². The third-order valence-corrected chi connectivity index (χ3v) is 5.04. The molecule has 0 radical (unpaired) electrons. The molecule has 4 rings (SSSR count). The van der Waals surface area contributed by atoms with Crippen LogP contribution < -0.4 is 10.5 Å². The molecule has 1 aromatic carbocycles. The van der Waals surface area contributed by atoms with E-state index in [4.69, 9.17) is 10.5 Å². The van der Waals surface area contributed by atoms with Gasteiger partial charge in [0.25, 0.3) is 5.79 Å². The number of ether oxygens (including phenoxy) is 1. The highest BCUT2D eigenvalue weighted by Crippen LogP contribution is 2.38. The van der Waals surface area contributed by atoms with Gasteiger partial charge in [0, 0.05) is 12.5 Å². The fraction of sp³-hybridized carbons (Fsp3) is 0.421. The molecule has 0 amide bonds. The average molecular weight is 338 g/mol. The molecule has 1 aromatic heterocycles. The Labute approximate surface area is 146 Å². The standard InChI is InChI=1S/C19H22N4O2/c1-19(24)16(23-15-17(20)21-11-22-18(15)25-19)14-9-7-13(8-10-14)12-5-3-2-4-6-12/h7-12,24H,2-6H2,1H3,(H2,20,21,22). The molecule has 2 aliphatic rings. The molecular formula is C19H22N4O2. The van der Waals surface area contributed by atoms with Gasteiger partial charge in [-0.2, -0.15) is 4.98 Å². The Bertz CT molecular complexity index is 809. The number of hydrogen-bond acceptors (Lipinski definition) is 6. The van der Waals surface area contributed by atoms with Crippen LogP contribution >= 0.6 is 0 Å². The summed E-state index contributed by atoms with van der Waals surface area (Å²) in [6.45, 7) is 1.56. The molecular weight excluding hydrogens is 316 g/mol. The molecule has 130 valence electrons. The number of hydrogen-bond donors (Lipinski definition) is 2. The number of benzene rings is 1. The summed E-state index contributed by atoms with van der Waals surface area (Å²) >= 11 is 0. The van der Waals surface area contributed by atoms with Crippen molar-refractivity contribution in [3.8, 4) is 5.88 Å². The van der Waals surface area contributed by atoms with Crippen LogP contribution in [0, 0.1) is 0 Å². The summed E-state index contributed by atoms with van der Waals surface area (Å²) in [5.41, 5.74) is 8.80. The minimum absolute atomic E-state index is 0.195. The summed E-state index contributed by atoms with van der Waals surface area (Å²) in [4.78, 5) is 12.4. The van der Waals surface area contributed by atoms with Gasteiger partial charge in [-0.15, -0.1) is 0 Å². The summed E-state index contributed by atoms with van der Waals surface area (Å²) in [5.74, 6) is -0.505. The largest absolute Gasteiger partial charge is 0.438 e. The van der Waals surface area contributed by atoms with Crippen LogP contribution in [0.15, 0.2) is 35.6 Å². The van der Waals surface area contributed by atoms with Gasteiger partial charge in [0.2, 0.25) is 5.88 Å². The lowest BCUT2D eigenvalue weighted by molar-refractivity contribution is -0.0630. The topological polar surface area (TPSA) is 93.6 Å². The number of fused-ring (bicyclic) bond motifs is 1. The molecule has 0 saturated heterocycles. The van der Waals surface area contributed by atoms with E-state index < -0.39 is 5.79 Å². The second kappa shape index (κ2) is 6.11. The van der Waals surface area contributed by atoms with Crippen LogP contribution in [0.4, 0.5) is 11.5 Å². The minimum atomic E-state index is -1.57. The molecule has 0 bridgehead atoms. The fourth-order valence-electron chi connectivity index (χ4n) is 3.69. The first-order valence-corrected chi connectivity index (χ1v) is 8.76. The van der Waals surface area contributed by atoms with E-state index in [0.717, 1.165) is 5.56 Å². The van der Waals surface area contributed by atoms with E-state index in [-0.39, 0.29) is 11.7 Å². The lowest BCUT2D eigenvalue weighted by Gasteiger charge is -2.30. The Morgan fingerprint density at radius 3 is 2.56 bits per heavy atom. The van der Waals surface area contributed by atoms with Crippen LogP contribution in [-0.4, -0.2) is 26.6 Å². The smallest absolute Gasteiger partial charge is 0.251 e. The number of nitrogens with zero attached hydrogens (tertiary/aromatic N) is 3. The monoisotopic (exact) mass is 338 g/mol. The van der Waals surface area contributed by atoms with Crippen molar-refractivity contribution in [1.82, 2.24) is 9.97 Å². The number of rotatable bonds is 2. The van der Waals surface area contributed by atoms with Gasteiger partial charge < -0.3 is 15.6 Å². The van der Waals surface area contributed by atoms with Crippen LogP contribution in [0.25, 0.3) is 0 Å². The van der Waals surface area contributed by atoms with Crippen molar-refractivity contribution in [1.29, 1.82) is 0 Å². The van der Waals surface area contributed by atoms with Crippen molar-refractivity contribution in [2.75, 3.05) is 5.73 Å². The lowest BCUT2D eigenvalue weighted by Crippen LogP contribution is -2.43. The molecule has 1 unspecified atom stereocenters. The average Bonchev–Trinajstić information content (AvgIpc) is 2.62. The Balaban J connectivity index is 1.69. The summed E-state index contributed by atoms with van der Waals surface area (Å²) < 4.78 is 5.61. The van der Waals surface area contributed by atoms with Gasteiger partial charge in [0.1, 0.15) is 12.0 Å². The minimum Gasteiger partial charge on any atom is -0.438 e. The molecule has 6 heteroatoms. The summed E-state index contributed by atoms with van der Waals surface area (Å²) in [5, 5.41) is 10.7. The number of aliphatic imine (C=N–C) groups is 1. The molecule has 2 heterocycles. The van der Waals surface area contributed by atoms with Crippen LogP contribution in [0.2, 0.25) is 0 Å². The van der Waals surface area contributed by atoms with Gasteiger partial charge in [-0.25, -0.2) is 9.98 Å². The maximum Gasteiger partial charge on any atom is 0.251 e. The summed E-state index contributed by atoms with van der Waals surface area (Å²) in [7, 11) is 0. The van der Waals surface area contributed by atoms with Gasteiger partial charge in [-0.1, -0.05) is 43.5 Å². The highest BCUT2D eigenvalue weighted by Gasteiger charge is 2.37. The molecule has 25 heavy (non-hydrogen) atoms. The summed E-state index contributed by atoms with van der Waals surface area (Å²) in [6.07, 6.45) is 7.75. The first kappa shape index (κ1) is 16.0. The quantitative estimate of drug-likeness (QED) is 0.876. The molecule has 1 atom stereocenters. The molecule has 1 aliphatic carbocycles. The predicted octanol–water partition coefficient (Wildman–Crippen LogP) is 3.33. The lowest BCUT2D eigenvalue weighted by atomic mass is 9.83. The van der Waals surface area contributed by atoms with Crippen LogP contribution in [0.1, 0.15) is 56.1 Å². The number of aromatic nitrogens is 2. The maximum atomic E-state index is 10.7. The first-order chi connectivity index (χ1) is 12.0. The van der Waals surface area contributed by atoms with Crippen molar-refractivity contribution in [2.45, 2.75) is 50.7 Å². The van der Waals surface area contributed by atoms with Gasteiger partial charge in [-0.05, 0) is 24.3 Å². The number of nitrogen functional groups attached to an aromatic ring is 1. The van der Waals surface area contributed by atoms with E-state index in [9.17, 15) is 5.11 Å². The van der Waals surface area contributed by atoms with E-state index in [1.54, 1.807) is 6.92 Å². The van der Waals surface area contributed by atoms with Crippen molar-refractivity contribution < 1.29 is 9.84 Å². The van der Waals surface area contributed by atoms with Crippen LogP contribution in [0.5, 0.6) is 5.88 Å². The molecule has 1 fully saturated rings. The number of aliphatic hydroxyl groups is 1. The van der Waals surface area contributed by atoms with E-state index in [0.29, 0.717) is 17.3 Å². The predicted molar refractivity (Wildman–Crippen MR) is 96.2 cm³/mol. The van der Waals surface area contributed by atoms with Crippen molar-refractivity contribution in [3.05, 3.63) is 41.7 Å². The highest BCUT2D eigenvalue weighted by molar-refractivity contribution is 6.08. The van der Waals surface area contributed by atoms with Gasteiger partial charge in [0.05, 0.1) is 0 Å². The van der Waals surface area contributed by atoms with Gasteiger partial charge in [-0.3, -0.25) is 0 Å². The third kappa shape index (κ3) is 2.98. The molecule has 0 spiro atoms. The SMILES string of the molecule is CC1(O)Oc2ncnc(N)c2N=C1c1ccc(C2CCCCC2)cc1. The maximum absolute atomic E-state index is 10.7. The van der Waals surface area contributed by atoms with Crippen molar-refractivity contribution in [2.24, 2.45) is 4.99 Å². The van der Waals surface area contributed by atoms with E-state index in [1.807, 2.05) is 12.1 Å². The zero-order valence-corrected chi connectivity index (χ0v) is 14.3. The molecule has 2 aromatic rings. The van der Waals surface area contributed by atoms with Gasteiger partial charge >= 0.3 is 0 Å². The normalized spacial score (nSPS) is 23.5. The molecule has 6 nitrogen and oxygen atoms in total. The molecule has 3 N–H and O–H groups in total.